The summed E-state index contributed by atoms with van der Waals surface area (Å²) < 4.78 is 1.72. The van der Waals surface area contributed by atoms with E-state index in [1.807, 2.05) is 24.9 Å². The Balaban J connectivity index is 1.46. The Labute approximate surface area is 140 Å². The highest BCUT2D eigenvalue weighted by molar-refractivity contribution is 5.98. The summed E-state index contributed by atoms with van der Waals surface area (Å²) in [6.07, 6.45) is 4.35. The molecule has 2 aliphatic rings. The SMILES string of the molecule is Cc1nn(C)c2ncc(NC(=O)C3CC(=O)N(CC4CC4)C3)cc12. The Kier molecular flexibility index (Phi) is 3.51. The number of aryl methyl sites for hydroxylation is 2. The van der Waals surface area contributed by atoms with E-state index in [1.54, 1.807) is 10.9 Å². The molecular weight excluding hydrogens is 306 g/mol. The largest absolute Gasteiger partial charge is 0.342 e. The summed E-state index contributed by atoms with van der Waals surface area (Å²) in [6.45, 7) is 3.26. The summed E-state index contributed by atoms with van der Waals surface area (Å²) in [7, 11) is 1.85. The monoisotopic (exact) mass is 327 g/mol. The number of hydrogen-bond acceptors (Lipinski definition) is 4. The van der Waals surface area contributed by atoms with Crippen molar-refractivity contribution in [3.05, 3.63) is 18.0 Å². The van der Waals surface area contributed by atoms with Crippen molar-refractivity contribution in [3.8, 4) is 0 Å². The Morgan fingerprint density at radius 3 is 2.96 bits per heavy atom. The van der Waals surface area contributed by atoms with Crippen LogP contribution in [-0.4, -0.2) is 44.6 Å². The first-order chi connectivity index (χ1) is 11.5. The normalized spacial score (nSPS) is 20.8. The summed E-state index contributed by atoms with van der Waals surface area (Å²) in [4.78, 5) is 30.8. The first-order valence-electron chi connectivity index (χ1n) is 8.39. The molecule has 1 unspecified atom stereocenters. The van der Waals surface area contributed by atoms with Crippen molar-refractivity contribution in [2.24, 2.45) is 18.9 Å². The van der Waals surface area contributed by atoms with Gasteiger partial charge in [0.1, 0.15) is 0 Å². The summed E-state index contributed by atoms with van der Waals surface area (Å²) in [5, 5.41) is 8.16. The van der Waals surface area contributed by atoms with Crippen LogP contribution in [0.5, 0.6) is 0 Å². The number of hydrogen-bond donors (Lipinski definition) is 1. The Bertz CT molecular complexity index is 824. The Morgan fingerprint density at radius 1 is 1.42 bits per heavy atom. The molecule has 4 rings (SSSR count). The molecule has 1 aliphatic carbocycles. The molecule has 0 radical (unpaired) electrons. The van der Waals surface area contributed by atoms with E-state index in [0.717, 1.165) is 23.3 Å². The zero-order chi connectivity index (χ0) is 16.8. The second-order valence-corrected chi connectivity index (χ2v) is 6.94. The standard InChI is InChI=1S/C17H21N5O2/c1-10-14-6-13(7-18-16(14)21(2)20-10)19-17(24)12-5-15(23)22(9-12)8-11-3-4-11/h6-7,11-12H,3-5,8-9H2,1-2H3,(H,19,24). The van der Waals surface area contributed by atoms with Crippen molar-refractivity contribution in [2.45, 2.75) is 26.2 Å². The first-order valence-corrected chi connectivity index (χ1v) is 8.39. The fourth-order valence-electron chi connectivity index (χ4n) is 3.36. The van der Waals surface area contributed by atoms with E-state index in [9.17, 15) is 9.59 Å². The van der Waals surface area contributed by atoms with Crippen LogP contribution in [0.25, 0.3) is 11.0 Å². The average molecular weight is 327 g/mol. The Hall–Kier alpha value is -2.44. The van der Waals surface area contributed by atoms with Gasteiger partial charge in [-0.15, -0.1) is 0 Å². The molecule has 0 spiro atoms. The summed E-state index contributed by atoms with van der Waals surface area (Å²) in [5.74, 6) is 0.362. The third-order valence-corrected chi connectivity index (χ3v) is 4.89. The predicted octanol–water partition coefficient (Wildman–Crippen LogP) is 1.47. The molecule has 3 heterocycles. The molecule has 7 nitrogen and oxygen atoms in total. The number of aromatic nitrogens is 3. The van der Waals surface area contributed by atoms with Crippen LogP contribution < -0.4 is 5.32 Å². The van der Waals surface area contributed by atoms with Crippen molar-refractivity contribution < 1.29 is 9.59 Å². The number of nitrogens with zero attached hydrogens (tertiary/aromatic N) is 4. The van der Waals surface area contributed by atoms with Crippen molar-refractivity contribution in [1.29, 1.82) is 0 Å². The van der Waals surface area contributed by atoms with Gasteiger partial charge in [0.15, 0.2) is 5.65 Å². The zero-order valence-corrected chi connectivity index (χ0v) is 14.0. The van der Waals surface area contributed by atoms with E-state index in [0.29, 0.717) is 24.6 Å². The number of pyridine rings is 1. The molecule has 1 N–H and O–H groups in total. The second-order valence-electron chi connectivity index (χ2n) is 6.94. The molecule has 2 amide bonds. The minimum absolute atomic E-state index is 0.0960. The molecule has 126 valence electrons. The minimum Gasteiger partial charge on any atom is -0.342 e. The molecule has 24 heavy (non-hydrogen) atoms. The number of amides is 2. The van der Waals surface area contributed by atoms with E-state index >= 15 is 0 Å². The quantitative estimate of drug-likeness (QED) is 0.922. The third kappa shape index (κ3) is 2.74. The summed E-state index contributed by atoms with van der Waals surface area (Å²) in [5.41, 5.74) is 2.32. The lowest BCUT2D eigenvalue weighted by molar-refractivity contribution is -0.128. The van der Waals surface area contributed by atoms with Gasteiger partial charge in [-0.2, -0.15) is 5.10 Å². The lowest BCUT2D eigenvalue weighted by Crippen LogP contribution is -2.29. The molecule has 7 heteroatoms. The topological polar surface area (TPSA) is 80.1 Å². The fourth-order valence-corrected chi connectivity index (χ4v) is 3.36. The van der Waals surface area contributed by atoms with Gasteiger partial charge < -0.3 is 10.2 Å². The smallest absolute Gasteiger partial charge is 0.229 e. The van der Waals surface area contributed by atoms with Crippen LogP contribution in [0.2, 0.25) is 0 Å². The van der Waals surface area contributed by atoms with Gasteiger partial charge in [0.05, 0.1) is 23.5 Å². The van der Waals surface area contributed by atoms with Gasteiger partial charge >= 0.3 is 0 Å². The highest BCUT2D eigenvalue weighted by atomic mass is 16.2. The zero-order valence-electron chi connectivity index (χ0n) is 14.0. The van der Waals surface area contributed by atoms with Crippen molar-refractivity contribution in [1.82, 2.24) is 19.7 Å². The lowest BCUT2D eigenvalue weighted by atomic mass is 10.1. The van der Waals surface area contributed by atoms with Crippen LogP contribution in [0.15, 0.2) is 12.3 Å². The molecule has 1 aliphatic heterocycles. The van der Waals surface area contributed by atoms with Gasteiger partial charge in [0.2, 0.25) is 11.8 Å². The molecule has 2 aromatic heterocycles. The molecule has 1 saturated carbocycles. The van der Waals surface area contributed by atoms with Gasteiger partial charge in [0, 0.05) is 31.9 Å². The van der Waals surface area contributed by atoms with E-state index in [2.05, 4.69) is 15.4 Å². The van der Waals surface area contributed by atoms with E-state index < -0.39 is 0 Å². The van der Waals surface area contributed by atoms with Crippen LogP contribution in [0.4, 0.5) is 5.69 Å². The molecule has 0 bridgehead atoms. The molecule has 1 atom stereocenters. The van der Waals surface area contributed by atoms with Crippen molar-refractivity contribution in [2.75, 3.05) is 18.4 Å². The van der Waals surface area contributed by atoms with Gasteiger partial charge in [-0.25, -0.2) is 4.98 Å². The molecule has 2 fully saturated rings. The van der Waals surface area contributed by atoms with Gasteiger partial charge in [-0.05, 0) is 31.7 Å². The van der Waals surface area contributed by atoms with Crippen LogP contribution >= 0.6 is 0 Å². The van der Waals surface area contributed by atoms with Crippen molar-refractivity contribution >= 4 is 28.5 Å². The molecule has 1 saturated heterocycles. The van der Waals surface area contributed by atoms with Crippen LogP contribution in [0.1, 0.15) is 25.0 Å². The summed E-state index contributed by atoms with van der Waals surface area (Å²) in [6, 6.07) is 1.89. The highest BCUT2D eigenvalue weighted by Gasteiger charge is 2.37. The molecule has 2 aromatic rings. The van der Waals surface area contributed by atoms with Crippen LogP contribution in [0.3, 0.4) is 0 Å². The first kappa shape index (κ1) is 15.1. The second kappa shape index (κ2) is 5.58. The van der Waals surface area contributed by atoms with E-state index in [4.69, 9.17) is 0 Å². The maximum atomic E-state index is 12.5. The number of carbonyl (C=O) groups excluding carboxylic acids is 2. The van der Waals surface area contributed by atoms with Crippen LogP contribution in [0, 0.1) is 18.8 Å². The maximum absolute atomic E-state index is 12.5. The number of likely N-dealkylation sites (tertiary alicyclic amines) is 1. The highest BCUT2D eigenvalue weighted by Crippen LogP contribution is 2.32. The van der Waals surface area contributed by atoms with E-state index in [1.165, 1.54) is 12.8 Å². The number of nitrogens with one attached hydrogen (secondary N) is 1. The minimum atomic E-state index is -0.276. The third-order valence-electron chi connectivity index (χ3n) is 4.89. The van der Waals surface area contributed by atoms with Gasteiger partial charge in [-0.1, -0.05) is 0 Å². The average Bonchev–Trinajstić information content (AvgIpc) is 3.22. The number of carbonyl (C=O) groups is 2. The van der Waals surface area contributed by atoms with Crippen molar-refractivity contribution in [3.63, 3.8) is 0 Å². The van der Waals surface area contributed by atoms with Gasteiger partial charge in [-0.3, -0.25) is 14.3 Å². The number of anilines is 1. The van der Waals surface area contributed by atoms with Crippen LogP contribution in [-0.2, 0) is 16.6 Å². The molecule has 0 aromatic carbocycles. The summed E-state index contributed by atoms with van der Waals surface area (Å²) >= 11 is 0. The number of rotatable bonds is 4. The lowest BCUT2D eigenvalue weighted by Gasteiger charge is -2.16. The fraction of sp³-hybridized carbons (Fsp3) is 0.529. The molecular formula is C17H21N5O2. The predicted molar refractivity (Wildman–Crippen MR) is 89.3 cm³/mol. The Morgan fingerprint density at radius 2 is 2.21 bits per heavy atom. The van der Waals surface area contributed by atoms with E-state index in [-0.39, 0.29) is 17.7 Å². The number of fused-ring (bicyclic) bond motifs is 1. The van der Waals surface area contributed by atoms with Gasteiger partial charge in [0.25, 0.3) is 0 Å². The maximum Gasteiger partial charge on any atom is 0.229 e.